The van der Waals surface area contributed by atoms with Crippen LogP contribution in [0.15, 0.2) is 37.4 Å². The summed E-state index contributed by atoms with van der Waals surface area (Å²) in [5.41, 5.74) is 2.05. The van der Waals surface area contributed by atoms with Crippen molar-refractivity contribution < 1.29 is 4.84 Å². The van der Waals surface area contributed by atoms with Crippen LogP contribution in [-0.4, -0.2) is 29.7 Å². The van der Waals surface area contributed by atoms with E-state index in [4.69, 9.17) is 4.84 Å². The third kappa shape index (κ3) is 1.89. The van der Waals surface area contributed by atoms with Gasteiger partial charge in [-0.2, -0.15) is 4.73 Å². The zero-order valence-corrected chi connectivity index (χ0v) is 8.76. The maximum absolute atomic E-state index is 5.51. The molecule has 3 heterocycles. The molecule has 3 rings (SSSR count). The Kier molecular flexibility index (Phi) is 2.34. The first-order valence-corrected chi connectivity index (χ1v) is 4.95. The summed E-state index contributed by atoms with van der Waals surface area (Å²) in [7, 11) is 0. The van der Waals surface area contributed by atoms with Crippen molar-refractivity contribution in [3.63, 3.8) is 0 Å². The maximum atomic E-state index is 5.51. The van der Waals surface area contributed by atoms with Crippen LogP contribution in [0.4, 0.5) is 0 Å². The minimum Gasteiger partial charge on any atom is -0.404 e. The van der Waals surface area contributed by atoms with Crippen molar-refractivity contribution in [1.82, 2.24) is 29.7 Å². The van der Waals surface area contributed by atoms with Crippen LogP contribution in [0.2, 0.25) is 0 Å². The van der Waals surface area contributed by atoms with E-state index in [-0.39, 0.29) is 0 Å². The Balaban J connectivity index is 1.82. The third-order valence-electron chi connectivity index (χ3n) is 2.15. The highest BCUT2D eigenvalue weighted by Gasteiger charge is 2.04. The molecule has 3 aromatic rings. The van der Waals surface area contributed by atoms with E-state index in [1.54, 1.807) is 31.1 Å². The number of aromatic nitrogens is 6. The second-order valence-corrected chi connectivity index (χ2v) is 3.27. The molecule has 17 heavy (non-hydrogen) atoms. The predicted molar refractivity (Wildman–Crippen MR) is 57.6 cm³/mol. The molecule has 0 amide bonds. The monoisotopic (exact) mass is 228 g/mol. The summed E-state index contributed by atoms with van der Waals surface area (Å²) in [5, 5.41) is 0. The van der Waals surface area contributed by atoms with Crippen molar-refractivity contribution in [3.8, 4) is 0 Å². The van der Waals surface area contributed by atoms with Gasteiger partial charge in [0.05, 0.1) is 18.1 Å². The highest BCUT2D eigenvalue weighted by molar-refractivity contribution is 5.68. The van der Waals surface area contributed by atoms with Crippen LogP contribution < -0.4 is 4.84 Å². The van der Waals surface area contributed by atoms with Gasteiger partial charge in [0.1, 0.15) is 18.2 Å². The summed E-state index contributed by atoms with van der Waals surface area (Å²) < 4.78 is 1.49. The lowest BCUT2D eigenvalue weighted by Crippen LogP contribution is -2.11. The Morgan fingerprint density at radius 1 is 1.06 bits per heavy atom. The molecule has 0 spiro atoms. The molecule has 0 N–H and O–H groups in total. The van der Waals surface area contributed by atoms with Gasteiger partial charge in [0.25, 0.3) is 0 Å². The molecular formula is C10H8N6O. The molecule has 0 saturated carbocycles. The molecule has 7 nitrogen and oxygen atoms in total. The van der Waals surface area contributed by atoms with Crippen molar-refractivity contribution in [2.24, 2.45) is 0 Å². The molecule has 0 aliphatic rings. The average molecular weight is 228 g/mol. The van der Waals surface area contributed by atoms with Gasteiger partial charge in [-0.1, -0.05) is 0 Å². The standard InChI is InChI=1S/C10H8N6O/c1-2-13-8(3-11-1)5-17-16-7-15-9-4-12-6-14-10(9)16/h1-4,6-7H,5H2. The van der Waals surface area contributed by atoms with Crippen molar-refractivity contribution in [2.75, 3.05) is 0 Å². The van der Waals surface area contributed by atoms with E-state index < -0.39 is 0 Å². The van der Waals surface area contributed by atoms with Gasteiger partial charge in [-0.05, 0) is 0 Å². The van der Waals surface area contributed by atoms with Crippen molar-refractivity contribution in [1.29, 1.82) is 0 Å². The van der Waals surface area contributed by atoms with Crippen LogP contribution in [0.5, 0.6) is 0 Å². The van der Waals surface area contributed by atoms with E-state index in [9.17, 15) is 0 Å². The maximum Gasteiger partial charge on any atom is 0.199 e. The number of rotatable bonds is 3. The fraction of sp³-hybridized carbons (Fsp3) is 0.100. The SMILES string of the molecule is c1cnc(COn2cnc3cncnc32)cn1. The van der Waals surface area contributed by atoms with Gasteiger partial charge < -0.3 is 4.84 Å². The summed E-state index contributed by atoms with van der Waals surface area (Å²) >= 11 is 0. The third-order valence-corrected chi connectivity index (χ3v) is 2.15. The van der Waals surface area contributed by atoms with Crippen molar-refractivity contribution in [2.45, 2.75) is 6.61 Å². The first-order valence-electron chi connectivity index (χ1n) is 4.95. The second-order valence-electron chi connectivity index (χ2n) is 3.27. The van der Waals surface area contributed by atoms with E-state index in [1.807, 2.05) is 0 Å². The molecule has 0 aliphatic heterocycles. The highest BCUT2D eigenvalue weighted by atomic mass is 16.7. The highest BCUT2D eigenvalue weighted by Crippen LogP contribution is 2.05. The fourth-order valence-corrected chi connectivity index (χ4v) is 1.38. The largest absolute Gasteiger partial charge is 0.404 e. The second kappa shape index (κ2) is 4.12. The minimum absolute atomic E-state index is 0.309. The van der Waals surface area contributed by atoms with Crippen LogP contribution in [-0.2, 0) is 6.61 Å². The first kappa shape index (κ1) is 9.64. The molecule has 0 aliphatic carbocycles. The summed E-state index contributed by atoms with van der Waals surface area (Å²) in [6, 6.07) is 0. The molecular weight excluding hydrogens is 220 g/mol. The Labute approximate surface area is 96.1 Å². The summed E-state index contributed by atoms with van der Waals surface area (Å²) in [5.74, 6) is 0. The molecule has 0 saturated heterocycles. The van der Waals surface area contributed by atoms with Crippen LogP contribution in [0.3, 0.4) is 0 Å². The van der Waals surface area contributed by atoms with Crippen molar-refractivity contribution in [3.05, 3.63) is 43.1 Å². The van der Waals surface area contributed by atoms with Gasteiger partial charge in [0.2, 0.25) is 0 Å². The Morgan fingerprint density at radius 3 is 2.94 bits per heavy atom. The Morgan fingerprint density at radius 2 is 2.06 bits per heavy atom. The Bertz CT molecular complexity index is 623. The molecule has 7 heteroatoms. The number of nitrogens with zero attached hydrogens (tertiary/aromatic N) is 6. The van der Waals surface area contributed by atoms with Gasteiger partial charge in [-0.15, -0.1) is 0 Å². The van der Waals surface area contributed by atoms with Gasteiger partial charge in [0, 0.05) is 12.4 Å². The van der Waals surface area contributed by atoms with E-state index in [0.29, 0.717) is 17.8 Å². The number of hydrogen-bond acceptors (Lipinski definition) is 6. The zero-order valence-electron chi connectivity index (χ0n) is 8.76. The number of imidazole rings is 1. The molecule has 0 unspecified atom stereocenters. The van der Waals surface area contributed by atoms with E-state index in [1.165, 1.54) is 11.1 Å². The van der Waals surface area contributed by atoms with Gasteiger partial charge in [-0.3, -0.25) is 9.97 Å². The molecule has 3 aromatic heterocycles. The molecule has 0 bridgehead atoms. The molecule has 84 valence electrons. The summed E-state index contributed by atoms with van der Waals surface area (Å²) in [6.07, 6.45) is 9.51. The topological polar surface area (TPSA) is 78.6 Å². The van der Waals surface area contributed by atoms with Crippen LogP contribution in [0, 0.1) is 0 Å². The van der Waals surface area contributed by atoms with Gasteiger partial charge in [0.15, 0.2) is 12.3 Å². The lowest BCUT2D eigenvalue weighted by atomic mass is 10.5. The normalized spacial score (nSPS) is 10.6. The fourth-order valence-electron chi connectivity index (χ4n) is 1.38. The van der Waals surface area contributed by atoms with Gasteiger partial charge in [-0.25, -0.2) is 15.0 Å². The molecule has 0 radical (unpaired) electrons. The lowest BCUT2D eigenvalue weighted by molar-refractivity contribution is 0.102. The number of fused-ring (bicyclic) bond motifs is 1. The van der Waals surface area contributed by atoms with Crippen molar-refractivity contribution >= 4 is 11.2 Å². The van der Waals surface area contributed by atoms with E-state index >= 15 is 0 Å². The van der Waals surface area contributed by atoms with Crippen LogP contribution in [0.1, 0.15) is 5.69 Å². The van der Waals surface area contributed by atoms with Crippen LogP contribution in [0.25, 0.3) is 11.2 Å². The zero-order chi connectivity index (χ0) is 11.5. The van der Waals surface area contributed by atoms with Crippen LogP contribution >= 0.6 is 0 Å². The predicted octanol–water partition coefficient (Wildman–Crippen LogP) is 0.245. The summed E-state index contributed by atoms with van der Waals surface area (Å²) in [6.45, 7) is 0.309. The van der Waals surface area contributed by atoms with E-state index in [0.717, 1.165) is 5.69 Å². The Hall–Kier alpha value is -2.57. The summed E-state index contributed by atoms with van der Waals surface area (Å²) in [4.78, 5) is 25.6. The minimum atomic E-state index is 0.309. The van der Waals surface area contributed by atoms with Gasteiger partial charge >= 0.3 is 0 Å². The first-order chi connectivity index (χ1) is 8.43. The smallest absolute Gasteiger partial charge is 0.199 e. The molecule has 0 aromatic carbocycles. The average Bonchev–Trinajstić information content (AvgIpc) is 2.81. The number of hydrogen-bond donors (Lipinski definition) is 0. The molecule has 0 fully saturated rings. The lowest BCUT2D eigenvalue weighted by Gasteiger charge is -2.04. The quantitative estimate of drug-likeness (QED) is 0.639. The van der Waals surface area contributed by atoms with E-state index in [2.05, 4.69) is 24.9 Å². The molecule has 0 atom stereocenters.